The summed E-state index contributed by atoms with van der Waals surface area (Å²) < 4.78 is 0. The van der Waals surface area contributed by atoms with Crippen molar-refractivity contribution in [2.45, 2.75) is 83.0 Å². The van der Waals surface area contributed by atoms with Crippen LogP contribution in [0.15, 0.2) is 18.3 Å². The Hall–Kier alpha value is -2.48. The lowest BCUT2D eigenvalue weighted by Gasteiger charge is -2.37. The Bertz CT molecular complexity index is 770. The number of likely N-dealkylation sites (tertiary alicyclic amines) is 1. The number of amidine groups is 1. The summed E-state index contributed by atoms with van der Waals surface area (Å²) in [4.78, 5) is 31.9. The predicted molar refractivity (Wildman–Crippen MR) is 116 cm³/mol. The highest BCUT2D eigenvalue weighted by Crippen LogP contribution is 2.24. The third kappa shape index (κ3) is 5.36. The standard InChI is InChI=1S/C22H34N6O2/c1-22(2,27-16-7-4-3-5-8-16)21(30)28-12-6-9-18(28)20(29)26-14-15-10-11-17(19(23)24)25-13-15/h10-11,13,16,18,27H,3-9,12,14H2,1-2H3,(H3,23,24)(H,26,29)/t18-/m0/s1. The van der Waals surface area contributed by atoms with Gasteiger partial charge in [0, 0.05) is 25.3 Å². The molecular weight excluding hydrogens is 380 g/mol. The number of nitrogens with zero attached hydrogens (tertiary/aromatic N) is 2. The average Bonchev–Trinajstić information content (AvgIpc) is 3.22. The quantitative estimate of drug-likeness (QED) is 0.399. The van der Waals surface area contributed by atoms with Crippen LogP contribution in [-0.2, 0) is 16.1 Å². The Balaban J connectivity index is 1.57. The van der Waals surface area contributed by atoms with Crippen LogP contribution < -0.4 is 16.4 Å². The number of nitrogen functional groups attached to an aromatic ring is 1. The largest absolute Gasteiger partial charge is 0.382 e. The SMILES string of the molecule is CC(C)(NC1CCCCC1)C(=O)N1CCC[C@H]1C(=O)NCc1ccc(C(=N)N)nc1. The number of amides is 2. The molecule has 3 rings (SSSR count). The van der Waals surface area contributed by atoms with E-state index in [9.17, 15) is 9.59 Å². The molecule has 0 spiro atoms. The van der Waals surface area contributed by atoms with Crippen molar-refractivity contribution < 1.29 is 9.59 Å². The molecule has 0 radical (unpaired) electrons. The third-order valence-electron chi connectivity index (χ3n) is 6.09. The van der Waals surface area contributed by atoms with E-state index in [2.05, 4.69) is 15.6 Å². The van der Waals surface area contributed by atoms with Gasteiger partial charge in [-0.15, -0.1) is 0 Å². The molecule has 1 atom stereocenters. The minimum atomic E-state index is -0.683. The molecule has 1 aromatic rings. The van der Waals surface area contributed by atoms with Crippen LogP contribution in [0.1, 0.15) is 70.1 Å². The Morgan fingerprint density at radius 3 is 2.57 bits per heavy atom. The Morgan fingerprint density at radius 1 is 1.20 bits per heavy atom. The van der Waals surface area contributed by atoms with Gasteiger partial charge in [-0.05, 0) is 51.2 Å². The topological polar surface area (TPSA) is 124 Å². The van der Waals surface area contributed by atoms with Crippen LogP contribution in [0.2, 0.25) is 0 Å². The summed E-state index contributed by atoms with van der Waals surface area (Å²) in [5, 5.41) is 13.9. The number of hydrogen-bond donors (Lipinski definition) is 4. The maximum atomic E-state index is 13.3. The van der Waals surface area contributed by atoms with Crippen molar-refractivity contribution in [1.29, 1.82) is 5.41 Å². The minimum absolute atomic E-state index is 0.00167. The number of nitrogens with one attached hydrogen (secondary N) is 3. The highest BCUT2D eigenvalue weighted by atomic mass is 16.2. The fraction of sp³-hybridized carbons (Fsp3) is 0.636. The lowest BCUT2D eigenvalue weighted by molar-refractivity contribution is -0.143. The second-order valence-corrected chi connectivity index (χ2v) is 8.94. The highest BCUT2D eigenvalue weighted by molar-refractivity contribution is 5.93. The normalized spacial score (nSPS) is 20.2. The van der Waals surface area contributed by atoms with Crippen molar-refractivity contribution in [2.75, 3.05) is 6.54 Å². The summed E-state index contributed by atoms with van der Waals surface area (Å²) in [5.41, 5.74) is 5.96. The van der Waals surface area contributed by atoms with Crippen molar-refractivity contribution in [3.8, 4) is 0 Å². The van der Waals surface area contributed by atoms with E-state index in [1.807, 2.05) is 13.8 Å². The number of aromatic nitrogens is 1. The van der Waals surface area contributed by atoms with Crippen LogP contribution in [0.4, 0.5) is 0 Å². The lowest BCUT2D eigenvalue weighted by Crippen LogP contribution is -2.59. The van der Waals surface area contributed by atoms with Crippen molar-refractivity contribution in [1.82, 2.24) is 20.5 Å². The first-order valence-electron chi connectivity index (χ1n) is 10.9. The summed E-state index contributed by atoms with van der Waals surface area (Å²) in [6.07, 6.45) is 9.02. The second kappa shape index (κ2) is 9.55. The molecule has 2 amide bonds. The Morgan fingerprint density at radius 2 is 1.93 bits per heavy atom. The van der Waals surface area contributed by atoms with E-state index >= 15 is 0 Å². The van der Waals surface area contributed by atoms with Crippen LogP contribution in [0.25, 0.3) is 0 Å². The molecule has 1 aliphatic heterocycles. The van der Waals surface area contributed by atoms with Crippen LogP contribution in [-0.4, -0.2) is 51.7 Å². The molecule has 5 N–H and O–H groups in total. The number of carbonyl (C=O) groups is 2. The van der Waals surface area contributed by atoms with Crippen LogP contribution >= 0.6 is 0 Å². The molecule has 0 unspecified atom stereocenters. The van der Waals surface area contributed by atoms with Gasteiger partial charge in [-0.1, -0.05) is 25.3 Å². The first-order chi connectivity index (χ1) is 14.3. The van der Waals surface area contributed by atoms with E-state index in [0.29, 0.717) is 31.2 Å². The van der Waals surface area contributed by atoms with E-state index in [1.54, 1.807) is 23.2 Å². The molecule has 2 heterocycles. The molecule has 1 saturated carbocycles. The smallest absolute Gasteiger partial charge is 0.243 e. The van der Waals surface area contributed by atoms with Crippen molar-refractivity contribution in [2.24, 2.45) is 5.73 Å². The van der Waals surface area contributed by atoms with Crippen LogP contribution in [0.3, 0.4) is 0 Å². The fourth-order valence-electron chi connectivity index (χ4n) is 4.46. The summed E-state index contributed by atoms with van der Waals surface area (Å²) >= 11 is 0. The van der Waals surface area contributed by atoms with Gasteiger partial charge in [0.25, 0.3) is 0 Å². The minimum Gasteiger partial charge on any atom is -0.382 e. The third-order valence-corrected chi connectivity index (χ3v) is 6.09. The fourth-order valence-corrected chi connectivity index (χ4v) is 4.46. The maximum Gasteiger partial charge on any atom is 0.243 e. The monoisotopic (exact) mass is 414 g/mol. The van der Waals surface area contributed by atoms with Crippen LogP contribution in [0, 0.1) is 5.41 Å². The molecule has 8 heteroatoms. The molecule has 1 saturated heterocycles. The van der Waals surface area contributed by atoms with Gasteiger partial charge >= 0.3 is 0 Å². The van der Waals surface area contributed by atoms with Crippen molar-refractivity contribution in [3.05, 3.63) is 29.6 Å². The predicted octanol–water partition coefficient (Wildman–Crippen LogP) is 1.67. The van der Waals surface area contributed by atoms with Gasteiger partial charge < -0.3 is 21.3 Å². The van der Waals surface area contributed by atoms with Gasteiger partial charge in [-0.3, -0.25) is 20.0 Å². The molecule has 0 aromatic carbocycles. The number of hydrogen-bond acceptors (Lipinski definition) is 5. The molecule has 1 aliphatic carbocycles. The second-order valence-electron chi connectivity index (χ2n) is 8.94. The van der Waals surface area contributed by atoms with Gasteiger partial charge in [0.1, 0.15) is 17.6 Å². The first-order valence-corrected chi connectivity index (χ1v) is 10.9. The molecule has 2 aliphatic rings. The highest BCUT2D eigenvalue weighted by Gasteiger charge is 2.41. The maximum absolute atomic E-state index is 13.3. The summed E-state index contributed by atoms with van der Waals surface area (Å²) in [6.45, 7) is 4.80. The number of pyridine rings is 1. The molecule has 2 fully saturated rings. The summed E-state index contributed by atoms with van der Waals surface area (Å²) in [7, 11) is 0. The zero-order valence-electron chi connectivity index (χ0n) is 18.0. The van der Waals surface area contributed by atoms with Gasteiger partial charge in [0.2, 0.25) is 11.8 Å². The molecule has 0 bridgehead atoms. The molecule has 8 nitrogen and oxygen atoms in total. The van der Waals surface area contributed by atoms with E-state index in [4.69, 9.17) is 11.1 Å². The number of rotatable bonds is 7. The zero-order valence-corrected chi connectivity index (χ0v) is 18.0. The van der Waals surface area contributed by atoms with E-state index in [0.717, 1.165) is 24.8 Å². The van der Waals surface area contributed by atoms with Crippen molar-refractivity contribution >= 4 is 17.6 Å². The Labute approximate surface area is 178 Å². The van der Waals surface area contributed by atoms with Gasteiger partial charge in [-0.25, -0.2) is 0 Å². The molecular formula is C22H34N6O2. The van der Waals surface area contributed by atoms with Crippen molar-refractivity contribution in [3.63, 3.8) is 0 Å². The zero-order chi connectivity index (χ0) is 21.7. The number of nitrogens with two attached hydrogens (primary N) is 1. The average molecular weight is 415 g/mol. The van der Waals surface area contributed by atoms with Crippen LogP contribution in [0.5, 0.6) is 0 Å². The van der Waals surface area contributed by atoms with E-state index < -0.39 is 11.6 Å². The summed E-state index contributed by atoms with van der Waals surface area (Å²) in [6, 6.07) is 3.39. The van der Waals surface area contributed by atoms with E-state index in [1.165, 1.54) is 19.3 Å². The lowest BCUT2D eigenvalue weighted by atomic mass is 9.92. The molecule has 30 heavy (non-hydrogen) atoms. The van der Waals surface area contributed by atoms with Gasteiger partial charge in [-0.2, -0.15) is 0 Å². The molecule has 1 aromatic heterocycles. The van der Waals surface area contributed by atoms with E-state index in [-0.39, 0.29) is 17.6 Å². The van der Waals surface area contributed by atoms with Gasteiger partial charge in [0.15, 0.2) is 0 Å². The Kier molecular flexibility index (Phi) is 7.07. The molecule has 164 valence electrons. The number of carbonyl (C=O) groups excluding carboxylic acids is 2. The summed E-state index contributed by atoms with van der Waals surface area (Å²) in [5.74, 6) is -0.224. The van der Waals surface area contributed by atoms with Gasteiger partial charge in [0.05, 0.1) is 5.54 Å². The first kappa shape index (κ1) is 22.2.